The van der Waals surface area contributed by atoms with Crippen molar-refractivity contribution in [2.24, 2.45) is 0 Å². The molecule has 0 spiro atoms. The molecule has 0 fully saturated rings. The van der Waals surface area contributed by atoms with Crippen LogP contribution >= 0.6 is 0 Å². The van der Waals surface area contributed by atoms with Gasteiger partial charge in [0.25, 0.3) is 6.29 Å². The molecule has 0 heterocycles. The van der Waals surface area contributed by atoms with Gasteiger partial charge in [-0.25, -0.2) is 4.79 Å². The molecule has 0 aromatic heterocycles. The Balaban J connectivity index is 4.06. The summed E-state index contributed by atoms with van der Waals surface area (Å²) in [5.41, 5.74) is 0. The number of carbonyl (C=O) groups excluding carboxylic acids is 2. The van der Waals surface area contributed by atoms with Crippen LogP contribution in [-0.4, -0.2) is 87.4 Å². The molecule has 0 rings (SSSR count). The normalized spacial score (nSPS) is 13.2. The molecule has 0 amide bonds. The Morgan fingerprint density at radius 2 is 0.671 bits per heavy atom. The number of aliphatic carboxylic acids is 1. The third-order valence-electron chi connectivity index (χ3n) is 15.6. The van der Waals surface area contributed by atoms with Gasteiger partial charge < -0.3 is 28.5 Å². The van der Waals surface area contributed by atoms with Crippen molar-refractivity contribution in [1.82, 2.24) is 0 Å². The zero-order valence-electron chi connectivity index (χ0n) is 56.3. The van der Waals surface area contributed by atoms with Crippen molar-refractivity contribution < 1.29 is 42.9 Å². The summed E-state index contributed by atoms with van der Waals surface area (Å²) in [4.78, 5) is 37.6. The highest BCUT2D eigenvalue weighted by Gasteiger charge is 2.25. The van der Waals surface area contributed by atoms with Crippen LogP contribution in [0.4, 0.5) is 0 Å². The van der Waals surface area contributed by atoms with Crippen molar-refractivity contribution in [3.63, 3.8) is 0 Å². The van der Waals surface area contributed by atoms with Gasteiger partial charge in [0.2, 0.25) is 0 Å². The summed E-state index contributed by atoms with van der Waals surface area (Å²) in [6, 6.07) is 0. The predicted octanol–water partition coefficient (Wildman–Crippen LogP) is 22.2. The Hall–Kier alpha value is -3.53. The maximum atomic E-state index is 13.0. The number of hydrogen-bond donors (Lipinski definition) is 1. The summed E-state index contributed by atoms with van der Waals surface area (Å²) >= 11 is 0. The lowest BCUT2D eigenvalue weighted by Crippen LogP contribution is -2.40. The molecule has 0 aliphatic carbocycles. The van der Waals surface area contributed by atoms with E-state index in [1.165, 1.54) is 218 Å². The van der Waals surface area contributed by atoms with Gasteiger partial charge in [0, 0.05) is 12.8 Å². The molecular weight excluding hydrogens is 1050 g/mol. The van der Waals surface area contributed by atoms with E-state index in [0.717, 1.165) is 77.0 Å². The fourth-order valence-corrected chi connectivity index (χ4v) is 10.2. The smallest absolute Gasteiger partial charge is 0.361 e. The molecule has 0 aliphatic rings. The van der Waals surface area contributed by atoms with Crippen molar-refractivity contribution in [2.45, 2.75) is 334 Å². The molecule has 0 aromatic carbocycles. The largest absolute Gasteiger partial charge is 0.477 e. The topological polar surface area (TPSA) is 108 Å². The molecule has 492 valence electrons. The second-order valence-corrected chi connectivity index (χ2v) is 25.2. The first kappa shape index (κ1) is 81.5. The molecule has 0 aromatic rings. The van der Waals surface area contributed by atoms with Crippen LogP contribution in [0.1, 0.15) is 322 Å². The molecular formula is C76H136NO8+. The van der Waals surface area contributed by atoms with Crippen molar-refractivity contribution >= 4 is 17.9 Å². The van der Waals surface area contributed by atoms with Crippen LogP contribution in [0, 0.1) is 0 Å². The predicted molar refractivity (Wildman–Crippen MR) is 364 cm³/mol. The number of quaternary nitrogens is 1. The number of rotatable bonds is 66. The fourth-order valence-electron chi connectivity index (χ4n) is 10.2. The zero-order valence-corrected chi connectivity index (χ0v) is 56.3. The summed E-state index contributed by atoms with van der Waals surface area (Å²) in [7, 11) is 5.98. The SMILES string of the molecule is CC/C=C\C/C=C\C/C=C\C/C=C\CCCCCCCCCCCCCCCCCCCCCCCCC(=O)OC(COC(=O)CCCCCCCCCCCC/C=C\C/C=C\C/C=C\CCCCCCC)COC(OCC[N+](C)(C)C)C(=O)O. The lowest BCUT2D eigenvalue weighted by molar-refractivity contribution is -0.870. The van der Waals surface area contributed by atoms with Crippen LogP contribution < -0.4 is 0 Å². The maximum Gasteiger partial charge on any atom is 0.361 e. The van der Waals surface area contributed by atoms with Gasteiger partial charge in [-0.2, -0.15) is 0 Å². The van der Waals surface area contributed by atoms with E-state index < -0.39 is 24.3 Å². The summed E-state index contributed by atoms with van der Waals surface area (Å²) in [6.07, 6.45) is 87.0. The minimum Gasteiger partial charge on any atom is -0.477 e. The molecule has 0 radical (unpaired) electrons. The third kappa shape index (κ3) is 67.8. The average molecular weight is 1190 g/mol. The summed E-state index contributed by atoms with van der Waals surface area (Å²) < 4.78 is 23.0. The van der Waals surface area contributed by atoms with Gasteiger partial charge in [-0.15, -0.1) is 0 Å². The van der Waals surface area contributed by atoms with E-state index in [4.69, 9.17) is 18.9 Å². The number of carbonyl (C=O) groups is 3. The van der Waals surface area contributed by atoms with Gasteiger partial charge in [-0.3, -0.25) is 9.59 Å². The van der Waals surface area contributed by atoms with Crippen LogP contribution in [0.5, 0.6) is 0 Å². The Morgan fingerprint density at radius 3 is 1.00 bits per heavy atom. The second-order valence-electron chi connectivity index (χ2n) is 25.2. The minimum atomic E-state index is -1.51. The minimum absolute atomic E-state index is 0.184. The highest BCUT2D eigenvalue weighted by molar-refractivity contribution is 5.71. The summed E-state index contributed by atoms with van der Waals surface area (Å²) in [6.45, 7) is 4.79. The first-order valence-electron chi connectivity index (χ1n) is 35.8. The molecule has 0 saturated heterocycles. The van der Waals surface area contributed by atoms with E-state index in [1.807, 2.05) is 21.1 Å². The van der Waals surface area contributed by atoms with Gasteiger partial charge in [-0.1, -0.05) is 304 Å². The zero-order chi connectivity index (χ0) is 61.9. The van der Waals surface area contributed by atoms with Crippen LogP contribution in [0.15, 0.2) is 85.1 Å². The monoisotopic (exact) mass is 1190 g/mol. The van der Waals surface area contributed by atoms with Crippen LogP contribution in [0.25, 0.3) is 0 Å². The van der Waals surface area contributed by atoms with Gasteiger partial charge in [0.05, 0.1) is 34.4 Å². The molecule has 9 nitrogen and oxygen atoms in total. The molecule has 0 bridgehead atoms. The quantitative estimate of drug-likeness (QED) is 0.0211. The molecule has 1 N–H and O–H groups in total. The average Bonchev–Trinajstić information content (AvgIpc) is 3.48. The van der Waals surface area contributed by atoms with E-state index in [0.29, 0.717) is 17.4 Å². The lowest BCUT2D eigenvalue weighted by atomic mass is 10.0. The summed E-state index contributed by atoms with van der Waals surface area (Å²) in [5.74, 6) is -1.99. The Morgan fingerprint density at radius 1 is 0.365 bits per heavy atom. The number of nitrogens with zero attached hydrogens (tertiary/aromatic N) is 1. The Kier molecular flexibility index (Phi) is 63.7. The number of ether oxygens (including phenoxy) is 4. The fraction of sp³-hybridized carbons (Fsp3) is 0.776. The number of allylic oxidation sites excluding steroid dienone is 14. The van der Waals surface area contributed by atoms with Crippen molar-refractivity contribution in [3.8, 4) is 0 Å². The van der Waals surface area contributed by atoms with Gasteiger partial charge in [-0.05, 0) is 89.9 Å². The van der Waals surface area contributed by atoms with Gasteiger partial charge >= 0.3 is 17.9 Å². The van der Waals surface area contributed by atoms with E-state index in [-0.39, 0.29) is 32.2 Å². The number of carboxylic acids is 1. The molecule has 0 saturated carbocycles. The molecule has 2 unspecified atom stereocenters. The Bertz CT molecular complexity index is 1670. The summed E-state index contributed by atoms with van der Waals surface area (Å²) in [5, 5.41) is 9.75. The number of unbranched alkanes of at least 4 members (excludes halogenated alkanes) is 37. The molecule has 2 atom stereocenters. The standard InChI is InChI=1S/C76H135NO8/c1-6-8-10-12-14-16-18-20-22-24-26-28-30-32-33-34-35-36-37-38-39-40-41-43-45-47-49-51-53-55-57-59-61-63-65-67-74(79)85-72(71-84-76(75(80)81)82-69-68-77(3,4)5)70-83-73(78)66-64-62-60-58-56-54-52-50-48-46-44-42-31-29-27-25-23-21-19-17-15-13-11-9-7-2/h8,10,14,16,19-22,25-28,31,42,72,76H,6-7,9,11-13,15,17-18,23-24,29-30,32-41,43-71H2,1-5H3/p+1/b10-8-,16-14-,21-19-,22-20-,27-25-,28-26-,42-31-. The maximum absolute atomic E-state index is 13.0. The van der Waals surface area contributed by atoms with E-state index in [1.54, 1.807) is 0 Å². The molecule has 0 aliphatic heterocycles. The number of carboxylic acid groups (broad SMARTS) is 1. The lowest BCUT2D eigenvalue weighted by Gasteiger charge is -2.25. The molecule has 9 heteroatoms. The third-order valence-corrected chi connectivity index (χ3v) is 15.6. The Labute approximate surface area is 525 Å². The van der Waals surface area contributed by atoms with Crippen LogP contribution in [0.2, 0.25) is 0 Å². The van der Waals surface area contributed by atoms with E-state index in [9.17, 15) is 19.5 Å². The van der Waals surface area contributed by atoms with Crippen molar-refractivity contribution in [2.75, 3.05) is 47.5 Å². The van der Waals surface area contributed by atoms with Crippen LogP contribution in [0.3, 0.4) is 0 Å². The van der Waals surface area contributed by atoms with Crippen molar-refractivity contribution in [3.05, 3.63) is 85.1 Å². The first-order chi connectivity index (χ1) is 41.6. The highest BCUT2D eigenvalue weighted by Crippen LogP contribution is 2.18. The highest BCUT2D eigenvalue weighted by atomic mass is 16.7. The van der Waals surface area contributed by atoms with Crippen molar-refractivity contribution in [1.29, 1.82) is 0 Å². The second kappa shape index (κ2) is 66.4. The van der Waals surface area contributed by atoms with Gasteiger partial charge in [0.1, 0.15) is 13.2 Å². The van der Waals surface area contributed by atoms with Crippen LogP contribution in [-0.2, 0) is 33.3 Å². The van der Waals surface area contributed by atoms with E-state index in [2.05, 4.69) is 98.9 Å². The van der Waals surface area contributed by atoms with E-state index >= 15 is 0 Å². The first-order valence-corrected chi connectivity index (χ1v) is 35.8. The number of likely N-dealkylation sites (N-methyl/N-ethyl adjacent to an activating group) is 1. The molecule has 85 heavy (non-hydrogen) atoms. The van der Waals surface area contributed by atoms with Gasteiger partial charge in [0.15, 0.2) is 6.10 Å². The number of hydrogen-bond acceptors (Lipinski definition) is 7. The number of esters is 2.